The molecule has 4 heteroatoms. The summed E-state index contributed by atoms with van der Waals surface area (Å²) in [5.74, 6) is 1.26. The molecule has 0 aliphatic carbocycles. The van der Waals surface area contributed by atoms with E-state index in [1.165, 1.54) is 18.6 Å². The van der Waals surface area contributed by atoms with Crippen molar-refractivity contribution in [1.29, 1.82) is 0 Å². The number of ether oxygens (including phenoxy) is 1. The van der Waals surface area contributed by atoms with Crippen LogP contribution >= 0.6 is 11.8 Å². The number of thioether (sulfide) groups is 1. The lowest BCUT2D eigenvalue weighted by Crippen LogP contribution is -2.33. The van der Waals surface area contributed by atoms with Crippen LogP contribution in [0.1, 0.15) is 52.4 Å². The molecule has 1 aliphatic heterocycles. The molecule has 1 fully saturated rings. The molecule has 0 radical (unpaired) electrons. The van der Waals surface area contributed by atoms with Crippen molar-refractivity contribution in [2.45, 2.75) is 57.1 Å². The van der Waals surface area contributed by atoms with E-state index >= 15 is 0 Å². The van der Waals surface area contributed by atoms with Crippen LogP contribution in [-0.2, 0) is 9.53 Å². The first-order chi connectivity index (χ1) is 8.66. The van der Waals surface area contributed by atoms with Gasteiger partial charge in [-0.3, -0.25) is 4.79 Å². The minimum Gasteiger partial charge on any atom is -0.466 e. The van der Waals surface area contributed by atoms with Gasteiger partial charge in [-0.25, -0.2) is 0 Å². The molecule has 0 aromatic carbocycles. The average molecular weight is 273 g/mol. The summed E-state index contributed by atoms with van der Waals surface area (Å²) in [5, 5.41) is 3.54. The first kappa shape index (κ1) is 15.8. The molecule has 0 aromatic rings. The van der Waals surface area contributed by atoms with Crippen LogP contribution in [0.4, 0.5) is 0 Å². The van der Waals surface area contributed by atoms with E-state index in [9.17, 15) is 4.79 Å². The van der Waals surface area contributed by atoms with Crippen LogP contribution in [0, 0.1) is 0 Å². The second kappa shape index (κ2) is 8.81. The maximum Gasteiger partial charge on any atom is 0.305 e. The van der Waals surface area contributed by atoms with Crippen molar-refractivity contribution < 1.29 is 9.53 Å². The zero-order valence-corrected chi connectivity index (χ0v) is 12.6. The summed E-state index contributed by atoms with van der Waals surface area (Å²) < 4.78 is 5.36. The Labute approximate surface area is 115 Å². The molecule has 1 atom stereocenters. The average Bonchev–Trinajstić information content (AvgIpc) is 2.75. The Hall–Kier alpha value is -0.220. The van der Waals surface area contributed by atoms with E-state index in [0.717, 1.165) is 32.4 Å². The van der Waals surface area contributed by atoms with Crippen LogP contribution in [-0.4, -0.2) is 36.2 Å². The molecule has 0 aromatic heterocycles. The molecular weight excluding hydrogens is 246 g/mol. The first-order valence-corrected chi connectivity index (χ1v) is 8.15. The molecule has 1 saturated heterocycles. The Morgan fingerprint density at radius 1 is 1.39 bits per heavy atom. The highest BCUT2D eigenvalue weighted by molar-refractivity contribution is 8.00. The van der Waals surface area contributed by atoms with Gasteiger partial charge >= 0.3 is 5.97 Å². The summed E-state index contributed by atoms with van der Waals surface area (Å²) in [6, 6.07) is 0. The number of esters is 1. The van der Waals surface area contributed by atoms with Crippen molar-refractivity contribution >= 4 is 17.7 Å². The lowest BCUT2D eigenvalue weighted by molar-refractivity contribution is -0.143. The molecule has 3 nitrogen and oxygen atoms in total. The summed E-state index contributed by atoms with van der Waals surface area (Å²) in [7, 11) is 0. The predicted molar refractivity (Wildman–Crippen MR) is 78.1 cm³/mol. The summed E-state index contributed by atoms with van der Waals surface area (Å²) in [6.07, 6.45) is 6.49. The quantitative estimate of drug-likeness (QED) is 0.518. The Balaban J connectivity index is 1.88. The van der Waals surface area contributed by atoms with Gasteiger partial charge in [0, 0.05) is 17.7 Å². The van der Waals surface area contributed by atoms with E-state index in [-0.39, 0.29) is 5.97 Å². The smallest absolute Gasteiger partial charge is 0.305 e. The first-order valence-electron chi connectivity index (χ1n) is 7.16. The number of nitrogens with one attached hydrogen (secondary N) is 1. The molecule has 1 rings (SSSR count). The number of hydrogen-bond acceptors (Lipinski definition) is 4. The number of rotatable bonds is 9. The van der Waals surface area contributed by atoms with Gasteiger partial charge in [0.05, 0.1) is 6.61 Å². The van der Waals surface area contributed by atoms with E-state index in [1.54, 1.807) is 0 Å². The van der Waals surface area contributed by atoms with Crippen molar-refractivity contribution in [3.63, 3.8) is 0 Å². The standard InChI is InChI=1S/C14H27NO2S/c1-3-17-13(16)8-5-4-6-10-15-12-14(2)9-7-11-18-14/h15H,3-12H2,1-2H3. The maximum atomic E-state index is 11.1. The molecule has 1 unspecified atom stereocenters. The fraction of sp³-hybridized carbons (Fsp3) is 0.929. The lowest BCUT2D eigenvalue weighted by Gasteiger charge is -2.22. The van der Waals surface area contributed by atoms with Gasteiger partial charge in [0.1, 0.15) is 0 Å². The Morgan fingerprint density at radius 3 is 2.89 bits per heavy atom. The molecule has 1 heterocycles. The zero-order valence-electron chi connectivity index (χ0n) is 11.8. The van der Waals surface area contributed by atoms with Gasteiger partial charge in [-0.15, -0.1) is 0 Å². The van der Waals surface area contributed by atoms with E-state index in [4.69, 9.17) is 4.74 Å². The highest BCUT2D eigenvalue weighted by Gasteiger charge is 2.28. The molecule has 1 N–H and O–H groups in total. The van der Waals surface area contributed by atoms with Gasteiger partial charge in [0.15, 0.2) is 0 Å². The van der Waals surface area contributed by atoms with Crippen molar-refractivity contribution in [1.82, 2.24) is 5.32 Å². The van der Waals surface area contributed by atoms with Crippen molar-refractivity contribution in [3.05, 3.63) is 0 Å². The molecule has 0 amide bonds. The van der Waals surface area contributed by atoms with Crippen molar-refractivity contribution in [2.75, 3.05) is 25.4 Å². The SMILES string of the molecule is CCOC(=O)CCCCCNCC1(C)CCCS1. The number of carbonyl (C=O) groups is 1. The monoisotopic (exact) mass is 273 g/mol. The van der Waals surface area contributed by atoms with Crippen LogP contribution in [0.25, 0.3) is 0 Å². The number of unbranched alkanes of at least 4 members (excludes halogenated alkanes) is 2. The largest absolute Gasteiger partial charge is 0.466 e. The lowest BCUT2D eigenvalue weighted by atomic mass is 10.1. The summed E-state index contributed by atoms with van der Waals surface area (Å²) in [4.78, 5) is 11.1. The molecular formula is C14H27NO2S. The summed E-state index contributed by atoms with van der Waals surface area (Å²) in [6.45, 7) is 6.90. The van der Waals surface area contributed by atoms with Gasteiger partial charge in [-0.05, 0) is 51.8 Å². The molecule has 1 aliphatic rings. The Bertz CT molecular complexity index is 240. The van der Waals surface area contributed by atoms with E-state index in [0.29, 0.717) is 17.8 Å². The van der Waals surface area contributed by atoms with Crippen LogP contribution in [0.2, 0.25) is 0 Å². The fourth-order valence-corrected chi connectivity index (χ4v) is 3.53. The van der Waals surface area contributed by atoms with E-state index < -0.39 is 0 Å². The van der Waals surface area contributed by atoms with Crippen LogP contribution < -0.4 is 5.32 Å². The molecule has 0 saturated carbocycles. The van der Waals surface area contributed by atoms with Crippen LogP contribution in [0.5, 0.6) is 0 Å². The molecule has 106 valence electrons. The van der Waals surface area contributed by atoms with Gasteiger partial charge in [0.2, 0.25) is 0 Å². The third-order valence-corrected chi connectivity index (χ3v) is 4.88. The third kappa shape index (κ3) is 6.64. The zero-order chi connectivity index (χ0) is 13.3. The molecule has 0 bridgehead atoms. The maximum absolute atomic E-state index is 11.1. The number of hydrogen-bond donors (Lipinski definition) is 1. The van der Waals surface area contributed by atoms with Crippen LogP contribution in [0.3, 0.4) is 0 Å². The third-order valence-electron chi connectivity index (χ3n) is 3.34. The minimum absolute atomic E-state index is 0.0553. The number of carbonyl (C=O) groups excluding carboxylic acids is 1. The van der Waals surface area contributed by atoms with Crippen molar-refractivity contribution in [3.8, 4) is 0 Å². The highest BCUT2D eigenvalue weighted by atomic mass is 32.2. The molecule has 18 heavy (non-hydrogen) atoms. The van der Waals surface area contributed by atoms with E-state index in [2.05, 4.69) is 24.0 Å². The fourth-order valence-electron chi connectivity index (χ4n) is 2.26. The Kier molecular flexibility index (Phi) is 7.75. The van der Waals surface area contributed by atoms with Gasteiger partial charge < -0.3 is 10.1 Å². The van der Waals surface area contributed by atoms with Gasteiger partial charge in [-0.2, -0.15) is 11.8 Å². The second-order valence-corrected chi connectivity index (χ2v) is 6.88. The highest BCUT2D eigenvalue weighted by Crippen LogP contribution is 2.36. The summed E-state index contributed by atoms with van der Waals surface area (Å²) in [5.41, 5.74) is 0. The van der Waals surface area contributed by atoms with Crippen LogP contribution in [0.15, 0.2) is 0 Å². The molecule has 0 spiro atoms. The normalized spacial score (nSPS) is 23.2. The Morgan fingerprint density at radius 2 is 2.22 bits per heavy atom. The second-order valence-electron chi connectivity index (χ2n) is 5.19. The van der Waals surface area contributed by atoms with Gasteiger partial charge in [-0.1, -0.05) is 6.42 Å². The summed E-state index contributed by atoms with van der Waals surface area (Å²) >= 11 is 2.10. The van der Waals surface area contributed by atoms with Gasteiger partial charge in [0.25, 0.3) is 0 Å². The van der Waals surface area contributed by atoms with Crippen molar-refractivity contribution in [2.24, 2.45) is 0 Å². The van der Waals surface area contributed by atoms with E-state index in [1.807, 2.05) is 6.92 Å². The topological polar surface area (TPSA) is 38.3 Å². The predicted octanol–water partition coefficient (Wildman–Crippen LogP) is 2.99. The minimum atomic E-state index is -0.0553.